The number of pyridine rings is 1. The molecule has 0 fully saturated rings. The lowest BCUT2D eigenvalue weighted by Gasteiger charge is -2.12. The van der Waals surface area contributed by atoms with E-state index in [0.29, 0.717) is 12.0 Å². The Bertz CT molecular complexity index is 945. The predicted octanol–water partition coefficient (Wildman–Crippen LogP) is 4.29. The minimum atomic E-state index is 0.143. The molecule has 1 unspecified atom stereocenters. The first-order valence-electron chi connectivity index (χ1n) is 7.97. The van der Waals surface area contributed by atoms with Gasteiger partial charge in [0.15, 0.2) is 0 Å². The largest absolute Gasteiger partial charge is 0.312 e. The number of nitriles is 1. The second-order valence-electron chi connectivity index (χ2n) is 6.26. The lowest BCUT2D eigenvalue weighted by molar-refractivity contribution is -0.117. The zero-order valence-electron chi connectivity index (χ0n) is 14.1. The molecule has 0 aliphatic carbocycles. The summed E-state index contributed by atoms with van der Waals surface area (Å²) in [6.45, 7) is 5.71. The van der Waals surface area contributed by atoms with Gasteiger partial charge in [-0.25, -0.2) is 0 Å². The third kappa shape index (κ3) is 2.93. The van der Waals surface area contributed by atoms with Crippen molar-refractivity contribution in [3.63, 3.8) is 0 Å². The van der Waals surface area contributed by atoms with E-state index in [0.717, 1.165) is 28.0 Å². The molecule has 2 heterocycles. The third-order valence-corrected chi connectivity index (χ3v) is 4.28. The summed E-state index contributed by atoms with van der Waals surface area (Å²) in [7, 11) is 0. The Kier molecular flexibility index (Phi) is 4.18. The van der Waals surface area contributed by atoms with Crippen LogP contribution < -0.4 is 0 Å². The average molecular weight is 317 g/mol. The fourth-order valence-corrected chi connectivity index (χ4v) is 3.07. The van der Waals surface area contributed by atoms with Crippen LogP contribution in [0, 0.1) is 18.3 Å². The van der Waals surface area contributed by atoms with Crippen molar-refractivity contribution in [2.24, 2.45) is 0 Å². The second kappa shape index (κ2) is 6.29. The monoisotopic (exact) mass is 317 g/mol. The van der Waals surface area contributed by atoms with Crippen LogP contribution in [0.15, 0.2) is 42.6 Å². The Balaban J connectivity index is 2.11. The average Bonchev–Trinajstić information content (AvgIpc) is 2.89. The smallest absolute Gasteiger partial charge is 0.130 e. The summed E-state index contributed by atoms with van der Waals surface area (Å²) >= 11 is 0. The molecule has 1 atom stereocenters. The Hall–Kier alpha value is -2.93. The van der Waals surface area contributed by atoms with Gasteiger partial charge < -0.3 is 9.36 Å². The van der Waals surface area contributed by atoms with Crippen LogP contribution in [0.2, 0.25) is 0 Å². The van der Waals surface area contributed by atoms with E-state index in [2.05, 4.69) is 21.7 Å². The minimum Gasteiger partial charge on any atom is -0.312 e. The minimum absolute atomic E-state index is 0.143. The maximum Gasteiger partial charge on any atom is 0.130 e. The Labute approximate surface area is 141 Å². The molecule has 120 valence electrons. The molecule has 0 spiro atoms. The number of aromatic nitrogens is 2. The van der Waals surface area contributed by atoms with Crippen molar-refractivity contribution in [1.82, 2.24) is 9.55 Å². The van der Waals surface area contributed by atoms with Crippen molar-refractivity contribution in [3.8, 4) is 11.8 Å². The van der Waals surface area contributed by atoms with Gasteiger partial charge in [0.05, 0.1) is 22.7 Å². The van der Waals surface area contributed by atoms with Gasteiger partial charge >= 0.3 is 0 Å². The van der Waals surface area contributed by atoms with Gasteiger partial charge in [-0.1, -0.05) is 6.92 Å². The SMILES string of the molecule is CC(=O)CC(C)c1cnc2cc(C)n(-c3ccc(C#N)cc3)c2c1. The number of fused-ring (bicyclic) bond motifs is 1. The van der Waals surface area contributed by atoms with Gasteiger partial charge in [-0.15, -0.1) is 0 Å². The molecular weight excluding hydrogens is 298 g/mol. The summed E-state index contributed by atoms with van der Waals surface area (Å²) < 4.78 is 2.13. The first-order valence-corrected chi connectivity index (χ1v) is 7.97. The summed E-state index contributed by atoms with van der Waals surface area (Å²) in [5.74, 6) is 0.324. The zero-order chi connectivity index (χ0) is 17.3. The van der Waals surface area contributed by atoms with Crippen LogP contribution >= 0.6 is 0 Å². The molecule has 0 bridgehead atoms. The summed E-state index contributed by atoms with van der Waals surface area (Å²) in [5.41, 5.74) is 5.73. The van der Waals surface area contributed by atoms with Gasteiger partial charge in [-0.05, 0) is 61.7 Å². The van der Waals surface area contributed by atoms with Crippen LogP contribution in [0.5, 0.6) is 0 Å². The van der Waals surface area contributed by atoms with Gasteiger partial charge in [0, 0.05) is 24.0 Å². The van der Waals surface area contributed by atoms with Crippen LogP contribution in [0.25, 0.3) is 16.7 Å². The van der Waals surface area contributed by atoms with E-state index in [-0.39, 0.29) is 11.7 Å². The molecule has 0 radical (unpaired) electrons. The van der Waals surface area contributed by atoms with Crippen LogP contribution in [0.3, 0.4) is 0 Å². The number of nitrogens with zero attached hydrogens (tertiary/aromatic N) is 3. The van der Waals surface area contributed by atoms with E-state index in [4.69, 9.17) is 5.26 Å². The highest BCUT2D eigenvalue weighted by atomic mass is 16.1. The van der Waals surface area contributed by atoms with Gasteiger partial charge in [0.25, 0.3) is 0 Å². The first kappa shape index (κ1) is 15.9. The molecule has 24 heavy (non-hydrogen) atoms. The number of hydrogen-bond donors (Lipinski definition) is 0. The standard InChI is InChI=1S/C20H19N3O/c1-13(8-15(3)24)17-10-20-19(22-12-17)9-14(2)23(20)18-6-4-16(11-21)5-7-18/h4-7,9-10,12-13H,8H2,1-3H3. The molecule has 0 amide bonds. The highest BCUT2D eigenvalue weighted by Crippen LogP contribution is 2.27. The number of carbonyl (C=O) groups is 1. The van der Waals surface area contributed by atoms with E-state index in [1.54, 1.807) is 6.92 Å². The molecule has 0 saturated heterocycles. The fraction of sp³-hybridized carbons (Fsp3) is 0.250. The van der Waals surface area contributed by atoms with Crippen molar-refractivity contribution in [2.45, 2.75) is 33.1 Å². The molecular formula is C20H19N3O. The molecule has 1 aromatic carbocycles. The van der Waals surface area contributed by atoms with Crippen LogP contribution in [0.1, 0.15) is 43.0 Å². The summed E-state index contributed by atoms with van der Waals surface area (Å²) in [6.07, 6.45) is 2.38. The second-order valence-corrected chi connectivity index (χ2v) is 6.26. The normalized spacial score (nSPS) is 12.1. The number of aryl methyl sites for hydroxylation is 1. The number of benzene rings is 1. The van der Waals surface area contributed by atoms with E-state index in [9.17, 15) is 4.79 Å². The highest BCUT2D eigenvalue weighted by molar-refractivity contribution is 5.81. The van der Waals surface area contributed by atoms with E-state index in [1.165, 1.54) is 0 Å². The molecule has 0 saturated carbocycles. The van der Waals surface area contributed by atoms with E-state index >= 15 is 0 Å². The lowest BCUT2D eigenvalue weighted by Crippen LogP contribution is -2.02. The highest BCUT2D eigenvalue weighted by Gasteiger charge is 2.13. The number of ketones is 1. The molecule has 0 N–H and O–H groups in total. The molecule has 2 aromatic heterocycles. The number of rotatable bonds is 4. The Morgan fingerprint density at radius 1 is 1.29 bits per heavy atom. The lowest BCUT2D eigenvalue weighted by atomic mass is 9.97. The van der Waals surface area contributed by atoms with Crippen molar-refractivity contribution < 1.29 is 4.79 Å². The van der Waals surface area contributed by atoms with Crippen LogP contribution in [-0.4, -0.2) is 15.3 Å². The van der Waals surface area contributed by atoms with Crippen LogP contribution in [-0.2, 0) is 4.79 Å². The number of hydrogen-bond acceptors (Lipinski definition) is 3. The van der Waals surface area contributed by atoms with Crippen molar-refractivity contribution in [3.05, 3.63) is 59.4 Å². The maximum atomic E-state index is 11.4. The molecule has 3 rings (SSSR count). The molecule has 4 nitrogen and oxygen atoms in total. The maximum absolute atomic E-state index is 11.4. The third-order valence-electron chi connectivity index (χ3n) is 4.28. The Morgan fingerprint density at radius 3 is 2.62 bits per heavy atom. The van der Waals surface area contributed by atoms with Crippen molar-refractivity contribution in [2.75, 3.05) is 0 Å². The van der Waals surface area contributed by atoms with Crippen molar-refractivity contribution >= 4 is 16.8 Å². The quantitative estimate of drug-likeness (QED) is 0.721. The van der Waals surface area contributed by atoms with Gasteiger partial charge in [0.1, 0.15) is 5.78 Å². The first-order chi connectivity index (χ1) is 11.5. The Morgan fingerprint density at radius 2 is 2.00 bits per heavy atom. The van der Waals surface area contributed by atoms with Crippen molar-refractivity contribution in [1.29, 1.82) is 5.26 Å². The van der Waals surface area contributed by atoms with Gasteiger partial charge in [-0.3, -0.25) is 4.98 Å². The zero-order valence-corrected chi connectivity index (χ0v) is 14.1. The van der Waals surface area contributed by atoms with Gasteiger partial charge in [-0.2, -0.15) is 5.26 Å². The molecule has 0 aliphatic rings. The van der Waals surface area contributed by atoms with Crippen LogP contribution in [0.4, 0.5) is 0 Å². The predicted molar refractivity (Wildman–Crippen MR) is 94.2 cm³/mol. The molecule has 4 heteroatoms. The fourth-order valence-electron chi connectivity index (χ4n) is 3.07. The van der Waals surface area contributed by atoms with Gasteiger partial charge in [0.2, 0.25) is 0 Å². The van der Waals surface area contributed by atoms with E-state index < -0.39 is 0 Å². The van der Waals surface area contributed by atoms with E-state index in [1.807, 2.05) is 50.4 Å². The topological polar surface area (TPSA) is 58.7 Å². The summed E-state index contributed by atoms with van der Waals surface area (Å²) in [4.78, 5) is 16.0. The number of carbonyl (C=O) groups excluding carboxylic acids is 1. The molecule has 0 aliphatic heterocycles. The molecule has 3 aromatic rings. The summed E-state index contributed by atoms with van der Waals surface area (Å²) in [6, 6.07) is 13.8. The summed E-state index contributed by atoms with van der Waals surface area (Å²) in [5, 5.41) is 8.96. The number of Topliss-reactive ketones (excluding diaryl/α,β-unsaturated/α-hetero) is 1.